The number of hydrogen-bond donors (Lipinski definition) is 0. The van der Waals surface area contributed by atoms with E-state index in [1.54, 1.807) is 38.5 Å². The molecule has 0 saturated carbocycles. The molecule has 0 aromatic heterocycles. The highest BCUT2D eigenvalue weighted by Crippen LogP contribution is 2.39. The van der Waals surface area contributed by atoms with Crippen molar-refractivity contribution in [3.05, 3.63) is 59.7 Å². The molecule has 0 bridgehead atoms. The third kappa shape index (κ3) is 3.89. The average molecular weight is 370 g/mol. The third-order valence-corrected chi connectivity index (χ3v) is 4.48. The van der Waals surface area contributed by atoms with Crippen molar-refractivity contribution in [2.24, 2.45) is 5.92 Å². The van der Waals surface area contributed by atoms with Crippen molar-refractivity contribution < 1.29 is 28.5 Å². The zero-order chi connectivity index (χ0) is 19.6. The van der Waals surface area contributed by atoms with Gasteiger partial charge in [-0.3, -0.25) is 9.59 Å². The first-order chi connectivity index (χ1) is 12.8. The number of esters is 2. The zero-order valence-electron chi connectivity index (χ0n) is 15.7. The van der Waals surface area contributed by atoms with Crippen LogP contribution in [0, 0.1) is 5.92 Å². The average Bonchev–Trinajstić information content (AvgIpc) is 2.64. The molecule has 1 saturated heterocycles. The SMILES string of the molecule is COc1ccc(C(c2ccc(OC)cc2)C2C(=O)OC(C)(C)OC2=O)cc1. The van der Waals surface area contributed by atoms with E-state index >= 15 is 0 Å². The van der Waals surface area contributed by atoms with Gasteiger partial charge in [-0.15, -0.1) is 0 Å². The minimum Gasteiger partial charge on any atom is -0.497 e. The Hall–Kier alpha value is -3.02. The maximum Gasteiger partial charge on any atom is 0.324 e. The van der Waals surface area contributed by atoms with Crippen molar-refractivity contribution in [2.45, 2.75) is 25.6 Å². The van der Waals surface area contributed by atoms with Crippen molar-refractivity contribution in [2.75, 3.05) is 14.2 Å². The van der Waals surface area contributed by atoms with E-state index in [0.29, 0.717) is 11.5 Å². The number of carbonyl (C=O) groups excluding carboxylic acids is 2. The summed E-state index contributed by atoms with van der Waals surface area (Å²) in [5.74, 6) is -2.77. The lowest BCUT2D eigenvalue weighted by Gasteiger charge is -2.36. The Bertz CT molecular complexity index is 755. The van der Waals surface area contributed by atoms with Crippen molar-refractivity contribution in [3.8, 4) is 11.5 Å². The van der Waals surface area contributed by atoms with Crippen LogP contribution in [0.4, 0.5) is 0 Å². The molecular formula is C21H22O6. The van der Waals surface area contributed by atoms with Gasteiger partial charge in [-0.05, 0) is 35.4 Å². The number of ether oxygens (including phenoxy) is 4. The van der Waals surface area contributed by atoms with Gasteiger partial charge in [-0.2, -0.15) is 0 Å². The number of methoxy groups -OCH3 is 2. The Labute approximate surface area is 158 Å². The van der Waals surface area contributed by atoms with E-state index < -0.39 is 29.6 Å². The summed E-state index contributed by atoms with van der Waals surface area (Å²) < 4.78 is 21.1. The molecular weight excluding hydrogens is 348 g/mol. The summed E-state index contributed by atoms with van der Waals surface area (Å²) in [6, 6.07) is 14.5. The lowest BCUT2D eigenvalue weighted by molar-refractivity contribution is -0.240. The summed E-state index contributed by atoms with van der Waals surface area (Å²) in [5, 5.41) is 0. The highest BCUT2D eigenvalue weighted by Gasteiger charge is 2.48. The lowest BCUT2D eigenvalue weighted by atomic mass is 9.80. The normalized spacial score (nSPS) is 16.6. The molecule has 2 aromatic rings. The second-order valence-corrected chi connectivity index (χ2v) is 6.74. The highest BCUT2D eigenvalue weighted by molar-refractivity contribution is 5.98. The van der Waals surface area contributed by atoms with Crippen LogP contribution in [0.2, 0.25) is 0 Å². The maximum absolute atomic E-state index is 12.7. The molecule has 0 N–H and O–H groups in total. The van der Waals surface area contributed by atoms with Crippen LogP contribution in [0.15, 0.2) is 48.5 Å². The molecule has 6 nitrogen and oxygen atoms in total. The molecule has 0 spiro atoms. The molecule has 1 aliphatic rings. The Morgan fingerprint density at radius 3 is 1.48 bits per heavy atom. The second-order valence-electron chi connectivity index (χ2n) is 6.74. The van der Waals surface area contributed by atoms with Crippen LogP contribution < -0.4 is 9.47 Å². The molecule has 2 aromatic carbocycles. The van der Waals surface area contributed by atoms with E-state index in [1.165, 1.54) is 13.8 Å². The predicted octanol–water partition coefficient (Wildman–Crippen LogP) is 3.29. The summed E-state index contributed by atoms with van der Waals surface area (Å²) in [6.45, 7) is 3.07. The first-order valence-corrected chi connectivity index (χ1v) is 8.58. The number of rotatable bonds is 5. The van der Waals surface area contributed by atoms with Gasteiger partial charge in [0, 0.05) is 19.8 Å². The highest BCUT2D eigenvalue weighted by atomic mass is 16.7. The minimum atomic E-state index is -1.27. The molecule has 0 unspecified atom stereocenters. The zero-order valence-corrected chi connectivity index (χ0v) is 15.7. The number of carbonyl (C=O) groups is 2. The fourth-order valence-electron chi connectivity index (χ4n) is 3.20. The Kier molecular flexibility index (Phi) is 5.08. The second kappa shape index (κ2) is 7.31. The number of benzene rings is 2. The van der Waals surface area contributed by atoms with Crippen LogP contribution in [0.3, 0.4) is 0 Å². The summed E-state index contributed by atoms with van der Waals surface area (Å²) in [4.78, 5) is 25.4. The first kappa shape index (κ1) is 18.8. The molecule has 0 aliphatic carbocycles. The van der Waals surface area contributed by atoms with Crippen LogP contribution in [0.5, 0.6) is 11.5 Å². The molecule has 142 valence electrons. The Morgan fingerprint density at radius 2 is 1.15 bits per heavy atom. The third-order valence-electron chi connectivity index (χ3n) is 4.48. The minimum absolute atomic E-state index is 0.557. The standard InChI is InChI=1S/C21H22O6/c1-21(2)26-19(22)18(20(23)27-21)17(13-5-9-15(24-3)10-6-13)14-7-11-16(25-4)12-8-14/h5-12,17-18H,1-4H3. The smallest absolute Gasteiger partial charge is 0.324 e. The van der Waals surface area contributed by atoms with Gasteiger partial charge >= 0.3 is 11.9 Å². The largest absolute Gasteiger partial charge is 0.497 e. The van der Waals surface area contributed by atoms with E-state index in [4.69, 9.17) is 18.9 Å². The molecule has 0 radical (unpaired) electrons. The quantitative estimate of drug-likeness (QED) is 0.594. The van der Waals surface area contributed by atoms with Gasteiger partial charge in [0.05, 0.1) is 14.2 Å². The van der Waals surface area contributed by atoms with E-state index in [2.05, 4.69) is 0 Å². The van der Waals surface area contributed by atoms with Gasteiger partial charge < -0.3 is 18.9 Å². The van der Waals surface area contributed by atoms with Crippen molar-refractivity contribution in [1.82, 2.24) is 0 Å². The first-order valence-electron chi connectivity index (χ1n) is 8.58. The predicted molar refractivity (Wildman–Crippen MR) is 97.6 cm³/mol. The van der Waals surface area contributed by atoms with E-state index in [0.717, 1.165) is 11.1 Å². The van der Waals surface area contributed by atoms with Gasteiger partial charge in [-0.25, -0.2) is 0 Å². The van der Waals surface area contributed by atoms with Crippen LogP contribution in [-0.4, -0.2) is 31.9 Å². The van der Waals surface area contributed by atoms with Crippen LogP contribution in [0.25, 0.3) is 0 Å². The van der Waals surface area contributed by atoms with Crippen LogP contribution in [0.1, 0.15) is 30.9 Å². The molecule has 3 rings (SSSR count). The maximum atomic E-state index is 12.7. The number of hydrogen-bond acceptors (Lipinski definition) is 6. The monoisotopic (exact) mass is 370 g/mol. The van der Waals surface area contributed by atoms with Crippen molar-refractivity contribution >= 4 is 11.9 Å². The molecule has 1 aliphatic heterocycles. The summed E-state index contributed by atoms with van der Waals surface area (Å²) in [7, 11) is 3.15. The summed E-state index contributed by atoms with van der Waals surface area (Å²) >= 11 is 0. The molecule has 6 heteroatoms. The Morgan fingerprint density at radius 1 is 0.778 bits per heavy atom. The fourth-order valence-corrected chi connectivity index (χ4v) is 3.20. The lowest BCUT2D eigenvalue weighted by Crippen LogP contribution is -2.48. The van der Waals surface area contributed by atoms with Crippen LogP contribution in [-0.2, 0) is 19.1 Å². The Balaban J connectivity index is 2.05. The molecule has 0 amide bonds. The summed E-state index contributed by atoms with van der Waals surface area (Å²) in [6.07, 6.45) is 0. The van der Waals surface area contributed by atoms with Gasteiger partial charge in [0.15, 0.2) is 5.92 Å². The van der Waals surface area contributed by atoms with E-state index in [9.17, 15) is 9.59 Å². The molecule has 1 heterocycles. The van der Waals surface area contributed by atoms with E-state index in [-0.39, 0.29) is 0 Å². The molecule has 1 fully saturated rings. The van der Waals surface area contributed by atoms with Gasteiger partial charge in [0.1, 0.15) is 11.5 Å². The van der Waals surface area contributed by atoms with Crippen molar-refractivity contribution in [3.63, 3.8) is 0 Å². The topological polar surface area (TPSA) is 71.1 Å². The van der Waals surface area contributed by atoms with Gasteiger partial charge in [0.2, 0.25) is 0 Å². The fraction of sp³-hybridized carbons (Fsp3) is 0.333. The van der Waals surface area contributed by atoms with Gasteiger partial charge in [-0.1, -0.05) is 24.3 Å². The number of cyclic esters (lactones) is 2. The van der Waals surface area contributed by atoms with E-state index in [1.807, 2.05) is 24.3 Å². The van der Waals surface area contributed by atoms with Crippen molar-refractivity contribution in [1.29, 1.82) is 0 Å². The van der Waals surface area contributed by atoms with Crippen LogP contribution >= 0.6 is 0 Å². The molecule has 0 atom stereocenters. The summed E-state index contributed by atoms with van der Waals surface area (Å²) in [5.41, 5.74) is 1.55. The molecule has 27 heavy (non-hydrogen) atoms. The van der Waals surface area contributed by atoms with Gasteiger partial charge in [0.25, 0.3) is 5.79 Å².